The molecule has 2 N–H and O–H groups in total. The number of ether oxygens (including phenoxy) is 1. The first kappa shape index (κ1) is 19.8. The van der Waals surface area contributed by atoms with E-state index < -0.39 is 11.8 Å². The van der Waals surface area contributed by atoms with Gasteiger partial charge in [-0.2, -0.15) is 0 Å². The summed E-state index contributed by atoms with van der Waals surface area (Å²) in [5.41, 5.74) is 3.86. The van der Waals surface area contributed by atoms with Crippen molar-refractivity contribution in [3.05, 3.63) is 52.0 Å². The third kappa shape index (κ3) is 4.35. The Kier molecular flexibility index (Phi) is 6.64. The minimum absolute atomic E-state index is 0.393. The number of methoxy groups -OCH3 is 1. The highest BCUT2D eigenvalue weighted by atomic mass is 35.5. The minimum Gasteiger partial charge on any atom is -0.495 e. The third-order valence-corrected chi connectivity index (χ3v) is 4.58. The van der Waals surface area contributed by atoms with E-state index in [-0.39, 0.29) is 0 Å². The second-order valence-electron chi connectivity index (χ2n) is 5.87. The number of halogens is 1. The molecule has 0 atom stereocenters. The van der Waals surface area contributed by atoms with Crippen LogP contribution in [0.15, 0.2) is 30.3 Å². The zero-order valence-corrected chi connectivity index (χ0v) is 16.2. The predicted molar refractivity (Wildman–Crippen MR) is 105 cm³/mol. The maximum Gasteiger partial charge on any atom is 0.314 e. The van der Waals surface area contributed by atoms with Gasteiger partial charge >= 0.3 is 11.8 Å². The fourth-order valence-electron chi connectivity index (χ4n) is 2.68. The molecule has 0 fully saturated rings. The van der Waals surface area contributed by atoms with Crippen LogP contribution in [0.3, 0.4) is 0 Å². The highest BCUT2D eigenvalue weighted by Crippen LogP contribution is 2.31. The first-order chi connectivity index (χ1) is 12.4. The average molecular weight is 375 g/mol. The van der Waals surface area contributed by atoms with E-state index >= 15 is 0 Å². The lowest BCUT2D eigenvalue weighted by atomic mass is 10.0. The molecule has 2 aromatic rings. The van der Waals surface area contributed by atoms with Crippen LogP contribution in [0.25, 0.3) is 0 Å². The first-order valence-corrected chi connectivity index (χ1v) is 8.86. The van der Waals surface area contributed by atoms with Gasteiger partial charge in [-0.3, -0.25) is 9.59 Å². The van der Waals surface area contributed by atoms with E-state index in [1.165, 1.54) is 7.11 Å². The van der Waals surface area contributed by atoms with Crippen molar-refractivity contribution < 1.29 is 14.3 Å². The number of hydrogen-bond donors (Lipinski definition) is 2. The smallest absolute Gasteiger partial charge is 0.314 e. The number of nitrogens with one attached hydrogen (secondary N) is 2. The summed E-state index contributed by atoms with van der Waals surface area (Å²) in [5.74, 6) is -1.10. The van der Waals surface area contributed by atoms with Crippen molar-refractivity contribution in [1.82, 2.24) is 0 Å². The summed E-state index contributed by atoms with van der Waals surface area (Å²) in [5, 5.41) is 5.86. The molecule has 0 saturated heterocycles. The van der Waals surface area contributed by atoms with Crippen molar-refractivity contribution >= 4 is 34.8 Å². The quantitative estimate of drug-likeness (QED) is 0.764. The van der Waals surface area contributed by atoms with Crippen LogP contribution >= 0.6 is 11.6 Å². The van der Waals surface area contributed by atoms with Gasteiger partial charge in [0.25, 0.3) is 0 Å². The highest BCUT2D eigenvalue weighted by molar-refractivity contribution is 6.44. The molecule has 0 saturated carbocycles. The molecule has 2 rings (SSSR count). The molecule has 0 spiro atoms. The average Bonchev–Trinajstić information content (AvgIpc) is 2.64. The van der Waals surface area contributed by atoms with E-state index in [4.69, 9.17) is 16.3 Å². The fourth-order valence-corrected chi connectivity index (χ4v) is 2.84. The summed E-state index contributed by atoms with van der Waals surface area (Å²) >= 11 is 6.07. The second-order valence-corrected chi connectivity index (χ2v) is 6.28. The Bertz CT molecular complexity index is 812. The lowest BCUT2D eigenvalue weighted by Gasteiger charge is -2.15. The van der Waals surface area contributed by atoms with Crippen LogP contribution < -0.4 is 15.4 Å². The van der Waals surface area contributed by atoms with Gasteiger partial charge in [0.05, 0.1) is 12.8 Å². The number of hydrogen-bond acceptors (Lipinski definition) is 3. The van der Waals surface area contributed by atoms with Gasteiger partial charge < -0.3 is 15.4 Å². The lowest BCUT2D eigenvalue weighted by Crippen LogP contribution is -2.30. The zero-order chi connectivity index (χ0) is 19.3. The predicted octanol–water partition coefficient (Wildman–Crippen LogP) is 4.36. The molecule has 2 aromatic carbocycles. The van der Waals surface area contributed by atoms with Crippen LogP contribution in [-0.2, 0) is 22.4 Å². The molecule has 0 bridgehead atoms. The Morgan fingerprint density at radius 3 is 2.15 bits per heavy atom. The van der Waals surface area contributed by atoms with E-state index in [1.54, 1.807) is 12.1 Å². The maximum absolute atomic E-state index is 12.4. The van der Waals surface area contributed by atoms with E-state index in [9.17, 15) is 9.59 Å². The van der Waals surface area contributed by atoms with E-state index in [0.717, 1.165) is 29.5 Å². The molecule has 26 heavy (non-hydrogen) atoms. The monoisotopic (exact) mass is 374 g/mol. The fraction of sp³-hybridized carbons (Fsp3) is 0.300. The Morgan fingerprint density at radius 2 is 1.62 bits per heavy atom. The molecule has 0 heterocycles. The maximum atomic E-state index is 12.4. The Hall–Kier alpha value is -2.53. The molecule has 0 aromatic heterocycles. The largest absolute Gasteiger partial charge is 0.495 e. The number of amides is 2. The van der Waals surface area contributed by atoms with Gasteiger partial charge in [0.15, 0.2) is 0 Å². The third-order valence-electron chi connectivity index (χ3n) is 4.17. The number of para-hydroxylation sites is 1. The van der Waals surface area contributed by atoms with Gasteiger partial charge in [0.1, 0.15) is 5.75 Å². The van der Waals surface area contributed by atoms with Crippen molar-refractivity contribution in [2.24, 2.45) is 0 Å². The summed E-state index contributed by atoms with van der Waals surface area (Å²) < 4.78 is 5.22. The summed E-state index contributed by atoms with van der Waals surface area (Å²) in [6.07, 6.45) is 1.52. The number of aryl methyl sites for hydroxylation is 3. The molecule has 138 valence electrons. The molecule has 2 amide bonds. The standard InChI is InChI=1S/C20H23ClN2O3/c1-5-13-8-7-9-14(6-2)18(13)23-20(25)19(24)22-16-10-12(3)15(21)11-17(16)26-4/h7-11H,5-6H2,1-4H3,(H,22,24)(H,23,25). The molecular formula is C20H23ClN2O3. The molecule has 0 aliphatic heterocycles. The van der Waals surface area contributed by atoms with Crippen LogP contribution in [0.2, 0.25) is 5.02 Å². The molecule has 5 nitrogen and oxygen atoms in total. The number of carbonyl (C=O) groups excluding carboxylic acids is 2. The van der Waals surface area contributed by atoms with Crippen molar-refractivity contribution in [2.45, 2.75) is 33.6 Å². The van der Waals surface area contributed by atoms with Crippen molar-refractivity contribution in [1.29, 1.82) is 0 Å². The lowest BCUT2D eigenvalue weighted by molar-refractivity contribution is -0.133. The summed E-state index contributed by atoms with van der Waals surface area (Å²) in [6.45, 7) is 5.82. The van der Waals surface area contributed by atoms with Gasteiger partial charge in [-0.1, -0.05) is 43.6 Å². The molecule has 0 aliphatic carbocycles. The first-order valence-electron chi connectivity index (χ1n) is 8.48. The topological polar surface area (TPSA) is 67.4 Å². The molecular weight excluding hydrogens is 352 g/mol. The van der Waals surface area contributed by atoms with Crippen molar-refractivity contribution in [3.8, 4) is 5.75 Å². The van der Waals surface area contributed by atoms with Crippen LogP contribution in [0.5, 0.6) is 5.75 Å². The van der Waals surface area contributed by atoms with Crippen molar-refractivity contribution in [2.75, 3.05) is 17.7 Å². The van der Waals surface area contributed by atoms with Crippen LogP contribution in [0.4, 0.5) is 11.4 Å². The molecule has 6 heteroatoms. The number of benzene rings is 2. The summed E-state index contributed by atoms with van der Waals surface area (Å²) in [4.78, 5) is 24.8. The van der Waals surface area contributed by atoms with E-state index in [1.807, 2.05) is 39.0 Å². The van der Waals surface area contributed by atoms with Gasteiger partial charge in [0.2, 0.25) is 0 Å². The summed E-state index contributed by atoms with van der Waals surface area (Å²) in [7, 11) is 1.47. The zero-order valence-electron chi connectivity index (χ0n) is 15.4. The van der Waals surface area contributed by atoms with Crippen molar-refractivity contribution in [3.63, 3.8) is 0 Å². The van der Waals surface area contributed by atoms with E-state index in [2.05, 4.69) is 10.6 Å². The van der Waals surface area contributed by atoms with Crippen LogP contribution in [0.1, 0.15) is 30.5 Å². The molecule has 0 unspecified atom stereocenters. The second kappa shape index (κ2) is 8.72. The Labute approximate surface area is 158 Å². The number of anilines is 2. The van der Waals surface area contributed by atoms with Gasteiger partial charge in [0, 0.05) is 16.8 Å². The highest BCUT2D eigenvalue weighted by Gasteiger charge is 2.19. The Balaban J connectivity index is 2.22. The summed E-state index contributed by atoms with van der Waals surface area (Å²) in [6, 6.07) is 9.11. The van der Waals surface area contributed by atoms with Gasteiger partial charge in [-0.05, 0) is 42.5 Å². The Morgan fingerprint density at radius 1 is 1.04 bits per heavy atom. The van der Waals surface area contributed by atoms with Crippen LogP contribution in [-0.4, -0.2) is 18.9 Å². The van der Waals surface area contributed by atoms with Gasteiger partial charge in [-0.15, -0.1) is 0 Å². The minimum atomic E-state index is -0.766. The van der Waals surface area contributed by atoms with E-state index in [0.29, 0.717) is 22.1 Å². The van der Waals surface area contributed by atoms with Crippen LogP contribution in [0, 0.1) is 6.92 Å². The van der Waals surface area contributed by atoms with Gasteiger partial charge in [-0.25, -0.2) is 0 Å². The SMILES string of the molecule is CCc1cccc(CC)c1NC(=O)C(=O)Nc1cc(C)c(Cl)cc1OC. The number of rotatable bonds is 5. The molecule has 0 aliphatic rings. The normalized spacial score (nSPS) is 10.3. The number of carbonyl (C=O) groups is 2. The molecule has 0 radical (unpaired) electrons.